The molecule has 24 heavy (non-hydrogen) atoms. The Balaban J connectivity index is 1.89. The van der Waals surface area contributed by atoms with Crippen molar-refractivity contribution < 1.29 is 14.0 Å². The number of hydrogen-bond donors (Lipinski definition) is 1. The fourth-order valence-corrected chi connectivity index (χ4v) is 2.94. The van der Waals surface area contributed by atoms with E-state index in [1.165, 1.54) is 17.0 Å². The predicted molar refractivity (Wildman–Crippen MR) is 88.2 cm³/mol. The van der Waals surface area contributed by atoms with E-state index in [4.69, 9.17) is 0 Å². The molecule has 6 nitrogen and oxygen atoms in total. The van der Waals surface area contributed by atoms with Gasteiger partial charge in [-0.15, -0.1) is 0 Å². The molecule has 2 aromatic rings. The second kappa shape index (κ2) is 6.43. The fraction of sp³-hybridized carbons (Fsp3) is 0.353. The van der Waals surface area contributed by atoms with E-state index in [9.17, 15) is 14.0 Å². The number of carbonyl (C=O) groups excluding carboxylic acids is 2. The highest BCUT2D eigenvalue weighted by atomic mass is 19.1. The number of halogens is 1. The quantitative estimate of drug-likeness (QED) is 0.936. The molecule has 2 heterocycles. The molecule has 0 bridgehead atoms. The lowest BCUT2D eigenvalue weighted by molar-refractivity contribution is -0.124. The number of hydrogen-bond acceptors (Lipinski definition) is 3. The summed E-state index contributed by atoms with van der Waals surface area (Å²) in [7, 11) is 0. The van der Waals surface area contributed by atoms with Crippen LogP contribution in [0.15, 0.2) is 30.3 Å². The van der Waals surface area contributed by atoms with E-state index < -0.39 is 17.8 Å². The normalized spacial score (nSPS) is 15.1. The van der Waals surface area contributed by atoms with Crippen LogP contribution in [0.2, 0.25) is 0 Å². The lowest BCUT2D eigenvalue weighted by Crippen LogP contribution is -2.50. The van der Waals surface area contributed by atoms with Crippen LogP contribution in [0.5, 0.6) is 0 Å². The van der Waals surface area contributed by atoms with Crippen molar-refractivity contribution in [3.63, 3.8) is 0 Å². The standard InChI is InChI=1S/C17H19FN4O2/c1-3-14(17(24)19-13-7-5-4-6-12(13)18)22-15-10-11(2)20-21(15)9-8-16(22)23/h4-7,10,14H,3,8-9H2,1-2H3,(H,19,24). The van der Waals surface area contributed by atoms with Gasteiger partial charge in [-0.3, -0.25) is 14.5 Å². The molecular formula is C17H19FN4O2. The van der Waals surface area contributed by atoms with Crippen LogP contribution >= 0.6 is 0 Å². The maximum absolute atomic E-state index is 13.8. The number of nitrogens with one attached hydrogen (secondary N) is 1. The molecule has 1 aliphatic heterocycles. The molecule has 0 radical (unpaired) electrons. The summed E-state index contributed by atoms with van der Waals surface area (Å²) < 4.78 is 15.5. The van der Waals surface area contributed by atoms with E-state index in [-0.39, 0.29) is 18.0 Å². The molecule has 1 aromatic heterocycles. The Bertz CT molecular complexity index is 787. The van der Waals surface area contributed by atoms with Crippen LogP contribution in [0.3, 0.4) is 0 Å². The number of benzene rings is 1. The molecule has 1 aliphatic rings. The van der Waals surface area contributed by atoms with Gasteiger partial charge in [0.25, 0.3) is 0 Å². The van der Waals surface area contributed by atoms with E-state index in [0.29, 0.717) is 18.8 Å². The molecule has 1 N–H and O–H groups in total. The molecule has 0 saturated heterocycles. The van der Waals surface area contributed by atoms with Gasteiger partial charge in [-0.1, -0.05) is 19.1 Å². The third-order valence-corrected chi connectivity index (χ3v) is 4.07. The number of nitrogens with zero attached hydrogens (tertiary/aromatic N) is 3. The molecule has 0 fully saturated rings. The molecule has 3 rings (SSSR count). The number of amides is 2. The minimum atomic E-state index is -0.716. The van der Waals surface area contributed by atoms with E-state index >= 15 is 0 Å². The van der Waals surface area contributed by atoms with Crippen molar-refractivity contribution in [3.05, 3.63) is 41.8 Å². The lowest BCUT2D eigenvalue weighted by Gasteiger charge is -2.33. The van der Waals surface area contributed by atoms with Gasteiger partial charge in [-0.2, -0.15) is 5.10 Å². The zero-order valence-corrected chi connectivity index (χ0v) is 13.6. The summed E-state index contributed by atoms with van der Waals surface area (Å²) in [5, 5.41) is 6.92. The van der Waals surface area contributed by atoms with Crippen LogP contribution in [0, 0.1) is 12.7 Å². The van der Waals surface area contributed by atoms with Crippen LogP contribution in [0.25, 0.3) is 0 Å². The topological polar surface area (TPSA) is 67.2 Å². The van der Waals surface area contributed by atoms with Crippen molar-refractivity contribution in [2.45, 2.75) is 39.3 Å². The Morgan fingerprint density at radius 2 is 2.17 bits per heavy atom. The Hall–Kier alpha value is -2.70. The molecule has 1 atom stereocenters. The summed E-state index contributed by atoms with van der Waals surface area (Å²) in [5.41, 5.74) is 0.893. The van der Waals surface area contributed by atoms with Crippen LogP contribution in [0.1, 0.15) is 25.5 Å². The minimum absolute atomic E-state index is 0.107. The number of carbonyl (C=O) groups is 2. The Labute approximate surface area is 139 Å². The number of rotatable bonds is 4. The number of anilines is 2. The summed E-state index contributed by atoms with van der Waals surface area (Å²) in [6.45, 7) is 4.17. The number of aromatic nitrogens is 2. The van der Waals surface area contributed by atoms with Crippen molar-refractivity contribution in [3.8, 4) is 0 Å². The van der Waals surface area contributed by atoms with Gasteiger partial charge in [0.1, 0.15) is 17.7 Å². The van der Waals surface area contributed by atoms with Crippen LogP contribution < -0.4 is 10.2 Å². The van der Waals surface area contributed by atoms with Gasteiger partial charge in [0, 0.05) is 12.5 Å². The third-order valence-electron chi connectivity index (χ3n) is 4.07. The van der Waals surface area contributed by atoms with Gasteiger partial charge in [0.2, 0.25) is 11.8 Å². The minimum Gasteiger partial charge on any atom is -0.322 e. The summed E-state index contributed by atoms with van der Waals surface area (Å²) in [6.07, 6.45) is 0.702. The Morgan fingerprint density at radius 1 is 1.42 bits per heavy atom. The van der Waals surface area contributed by atoms with Crippen molar-refractivity contribution in [1.82, 2.24) is 9.78 Å². The molecule has 126 valence electrons. The monoisotopic (exact) mass is 330 g/mol. The van der Waals surface area contributed by atoms with Gasteiger partial charge in [0.15, 0.2) is 0 Å². The summed E-state index contributed by atoms with van der Waals surface area (Å²) in [5.74, 6) is -0.438. The number of fused-ring (bicyclic) bond motifs is 1. The number of aryl methyl sites for hydroxylation is 2. The molecule has 2 amide bonds. The van der Waals surface area contributed by atoms with E-state index in [1.807, 2.05) is 13.8 Å². The highest BCUT2D eigenvalue weighted by Gasteiger charge is 2.35. The first-order valence-electron chi connectivity index (χ1n) is 7.93. The zero-order valence-electron chi connectivity index (χ0n) is 13.6. The summed E-state index contributed by atoms with van der Waals surface area (Å²) >= 11 is 0. The van der Waals surface area contributed by atoms with Crippen LogP contribution in [-0.4, -0.2) is 27.6 Å². The average molecular weight is 330 g/mol. The first-order chi connectivity index (χ1) is 11.5. The SMILES string of the molecule is CCC(C(=O)Nc1ccccc1F)N1C(=O)CCn2nc(C)cc21. The highest BCUT2D eigenvalue weighted by molar-refractivity contribution is 6.05. The van der Waals surface area contributed by atoms with Crippen molar-refractivity contribution in [1.29, 1.82) is 0 Å². The van der Waals surface area contributed by atoms with Crippen molar-refractivity contribution in [2.75, 3.05) is 10.2 Å². The van der Waals surface area contributed by atoms with Gasteiger partial charge in [-0.25, -0.2) is 9.07 Å². The second-order valence-electron chi connectivity index (χ2n) is 5.77. The lowest BCUT2D eigenvalue weighted by atomic mass is 10.1. The molecule has 1 unspecified atom stereocenters. The van der Waals surface area contributed by atoms with Gasteiger partial charge in [0.05, 0.1) is 17.9 Å². The van der Waals surface area contributed by atoms with Crippen LogP contribution in [0.4, 0.5) is 15.9 Å². The fourth-order valence-electron chi connectivity index (χ4n) is 2.94. The summed E-state index contributed by atoms with van der Waals surface area (Å²) in [6, 6.07) is 7.04. The van der Waals surface area contributed by atoms with Crippen LogP contribution in [-0.2, 0) is 16.1 Å². The maximum Gasteiger partial charge on any atom is 0.247 e. The largest absolute Gasteiger partial charge is 0.322 e. The van der Waals surface area contributed by atoms with E-state index in [1.54, 1.807) is 22.9 Å². The maximum atomic E-state index is 13.8. The molecule has 0 saturated carbocycles. The smallest absolute Gasteiger partial charge is 0.247 e. The van der Waals surface area contributed by atoms with E-state index in [2.05, 4.69) is 10.4 Å². The third kappa shape index (κ3) is 2.89. The van der Waals surface area contributed by atoms with Gasteiger partial charge in [-0.05, 0) is 25.5 Å². The highest BCUT2D eigenvalue weighted by Crippen LogP contribution is 2.26. The average Bonchev–Trinajstić information content (AvgIpc) is 2.93. The first kappa shape index (κ1) is 16.2. The molecule has 1 aromatic carbocycles. The Morgan fingerprint density at radius 3 is 2.88 bits per heavy atom. The molecule has 7 heteroatoms. The van der Waals surface area contributed by atoms with Gasteiger partial charge >= 0.3 is 0 Å². The molecule has 0 aliphatic carbocycles. The number of para-hydroxylation sites is 1. The summed E-state index contributed by atoms with van der Waals surface area (Å²) in [4.78, 5) is 26.5. The Kier molecular flexibility index (Phi) is 4.33. The van der Waals surface area contributed by atoms with Gasteiger partial charge < -0.3 is 5.32 Å². The second-order valence-corrected chi connectivity index (χ2v) is 5.77. The molecule has 0 spiro atoms. The van der Waals surface area contributed by atoms with E-state index in [0.717, 1.165) is 5.69 Å². The first-order valence-corrected chi connectivity index (χ1v) is 7.93. The zero-order chi connectivity index (χ0) is 17.3. The van der Waals surface area contributed by atoms with Crippen molar-refractivity contribution >= 4 is 23.3 Å². The van der Waals surface area contributed by atoms with Crippen molar-refractivity contribution in [2.24, 2.45) is 0 Å². The predicted octanol–water partition coefficient (Wildman–Crippen LogP) is 2.48. The molecular weight excluding hydrogens is 311 g/mol.